The molecule has 21 nitrogen and oxygen atoms in total. The molecule has 0 saturated carbocycles. The van der Waals surface area contributed by atoms with Crippen molar-refractivity contribution in [1.29, 1.82) is 0 Å². The van der Waals surface area contributed by atoms with Crippen molar-refractivity contribution in [2.24, 2.45) is 23.1 Å². The number of unbranched alkanes of at least 4 members (excludes halogenated alkanes) is 3. The van der Waals surface area contributed by atoms with Gasteiger partial charge in [-0.1, -0.05) is 26.0 Å². The first-order valence-electron chi connectivity index (χ1n) is 22.2. The third kappa shape index (κ3) is 25.5. The Hall–Kier alpha value is -4.80. The van der Waals surface area contributed by atoms with Crippen LogP contribution in [0.4, 0.5) is 0 Å². The van der Waals surface area contributed by atoms with Gasteiger partial charge in [0.25, 0.3) is 0 Å². The lowest BCUT2D eigenvalue weighted by Crippen LogP contribution is -2.53. The largest absolute Gasteiger partial charge is 0.395 e. The van der Waals surface area contributed by atoms with Crippen molar-refractivity contribution in [1.82, 2.24) is 39.6 Å². The molecule has 0 rings (SSSR count). The normalized spacial score (nSPS) is 10.8. The summed E-state index contributed by atoms with van der Waals surface area (Å²) in [5.74, 6) is -4.30. The van der Waals surface area contributed by atoms with Crippen LogP contribution in [0.1, 0.15) is 59.3 Å². The Labute approximate surface area is 379 Å². The minimum Gasteiger partial charge on any atom is -0.395 e. The van der Waals surface area contributed by atoms with Gasteiger partial charge in [-0.2, -0.15) is 0 Å². The van der Waals surface area contributed by atoms with Gasteiger partial charge in [0.2, 0.25) is 41.4 Å². The molecule has 21 heteroatoms. The molecule has 0 aliphatic carbocycles. The molecule has 9 N–H and O–H groups in total. The lowest BCUT2D eigenvalue weighted by molar-refractivity contribution is -0.148. The molecule has 0 heterocycles. The topological polar surface area (TPSA) is 290 Å². The number of hydrogen-bond acceptors (Lipinski definition) is 14. The lowest BCUT2D eigenvalue weighted by Gasteiger charge is -2.32. The van der Waals surface area contributed by atoms with E-state index in [1.807, 2.05) is 13.8 Å². The molecule has 0 aromatic rings. The number of nitrogens with one attached hydrogen (secondary N) is 1. The van der Waals surface area contributed by atoms with Crippen LogP contribution >= 0.6 is 0 Å². The molecule has 0 spiro atoms. The number of amides is 7. The van der Waals surface area contributed by atoms with E-state index in [0.717, 1.165) is 14.7 Å². The highest BCUT2D eigenvalue weighted by molar-refractivity contribution is 5.93. The van der Waals surface area contributed by atoms with Gasteiger partial charge in [-0.05, 0) is 71.0 Å². The third-order valence-electron chi connectivity index (χ3n) is 9.73. The second-order valence-corrected chi connectivity index (χ2v) is 15.9. The number of aliphatic hydroxyl groups excluding tert-OH is 2. The van der Waals surface area contributed by atoms with E-state index in [2.05, 4.69) is 18.5 Å². The van der Waals surface area contributed by atoms with Gasteiger partial charge in [-0.3, -0.25) is 38.4 Å². The maximum Gasteiger partial charge on any atom is 0.242 e. The Bertz CT molecular complexity index is 1470. The zero-order chi connectivity index (χ0) is 48.5. The van der Waals surface area contributed by atoms with Gasteiger partial charge in [0.05, 0.1) is 59.0 Å². The fourth-order valence-corrected chi connectivity index (χ4v) is 6.39. The fourth-order valence-electron chi connectivity index (χ4n) is 6.39. The summed E-state index contributed by atoms with van der Waals surface area (Å²) in [6.45, 7) is 10.0. The lowest BCUT2D eigenvalue weighted by atomic mass is 10.2. The van der Waals surface area contributed by atoms with E-state index >= 15 is 0 Å². The summed E-state index contributed by atoms with van der Waals surface area (Å²) in [4.78, 5) is 116. The van der Waals surface area contributed by atoms with Crippen LogP contribution in [-0.2, 0) is 38.4 Å². The fraction of sp³-hybridized carbons (Fsp3) is 0.721. The van der Waals surface area contributed by atoms with Crippen LogP contribution in [-0.4, -0.2) is 229 Å². The Morgan fingerprint density at radius 3 is 1.20 bits per heavy atom. The highest BCUT2D eigenvalue weighted by Gasteiger charge is 2.30. The highest BCUT2D eigenvalue weighted by Crippen LogP contribution is 2.08. The summed E-state index contributed by atoms with van der Waals surface area (Å²) in [6, 6.07) is 0. The average Bonchev–Trinajstić information content (AvgIpc) is 3.24. The van der Waals surface area contributed by atoms with Crippen LogP contribution in [0, 0.1) is 5.92 Å². The summed E-state index contributed by atoms with van der Waals surface area (Å²) in [5, 5.41) is 22.7. The van der Waals surface area contributed by atoms with E-state index in [1.165, 1.54) is 32.6 Å². The molecule has 64 heavy (non-hydrogen) atoms. The highest BCUT2D eigenvalue weighted by atomic mass is 16.3. The third-order valence-corrected chi connectivity index (χ3v) is 9.73. The SMILES string of the molecule is C=CCNCC(=O)N(CCCCN)CC(=O)N(CCO)CC(=O)N(CC(=O)N(CCO)CC(=O)N(CC=C)CC(=O)N(CCCCN)CC(=O)N(CCCCN)CC(C)=O)CC(C)C. The maximum absolute atomic E-state index is 13.9. The van der Waals surface area contributed by atoms with Crippen LogP contribution in [0.5, 0.6) is 0 Å². The molecule has 0 saturated heterocycles. The van der Waals surface area contributed by atoms with Gasteiger partial charge in [0.15, 0.2) is 0 Å². The maximum atomic E-state index is 13.9. The van der Waals surface area contributed by atoms with E-state index in [9.17, 15) is 48.6 Å². The second-order valence-electron chi connectivity index (χ2n) is 15.9. The summed E-state index contributed by atoms with van der Waals surface area (Å²) >= 11 is 0. The van der Waals surface area contributed by atoms with Gasteiger partial charge in [0, 0.05) is 52.4 Å². The summed E-state index contributed by atoms with van der Waals surface area (Å²) < 4.78 is 0. The minimum atomic E-state index is -0.695. The molecule has 0 aliphatic heterocycles. The number of carbonyl (C=O) groups excluding carboxylic acids is 8. The molecule has 7 amide bonds. The number of nitrogens with zero attached hydrogens (tertiary/aromatic N) is 7. The number of Topliss-reactive ketones (excluding diaryl/α,β-unsaturated/α-hetero) is 1. The molecule has 0 bridgehead atoms. The first-order valence-corrected chi connectivity index (χ1v) is 22.2. The van der Waals surface area contributed by atoms with E-state index in [0.29, 0.717) is 64.7 Å². The molecular weight excluding hydrogens is 831 g/mol. The van der Waals surface area contributed by atoms with E-state index in [-0.39, 0.29) is 89.6 Å². The standard InChI is InChI=1S/C43H79N11O10/c1-6-17-47-26-37(58)50(20-12-9-15-45)30-41(62)53(23-25-56)33-43(64)54(27-35(3)4)34-42(63)52(22-24-55)32-38(59)48(18-7-2)29-40(61)51(21-13-10-16-46)31-39(60)49(28-36(5)57)19-11-8-14-44/h6-7,35,47,55-56H,1-2,8-34,44-46H2,3-5H3. The first kappa shape index (κ1) is 59.2. The number of nitrogens with two attached hydrogens (primary N) is 3. The Morgan fingerprint density at radius 2 is 0.844 bits per heavy atom. The van der Waals surface area contributed by atoms with Crippen molar-refractivity contribution in [3.63, 3.8) is 0 Å². The summed E-state index contributed by atoms with van der Waals surface area (Å²) in [7, 11) is 0. The van der Waals surface area contributed by atoms with E-state index < -0.39 is 74.8 Å². The van der Waals surface area contributed by atoms with E-state index in [1.54, 1.807) is 6.08 Å². The van der Waals surface area contributed by atoms with Gasteiger partial charge in [-0.25, -0.2) is 0 Å². The van der Waals surface area contributed by atoms with Crippen molar-refractivity contribution >= 4 is 47.1 Å². The first-order chi connectivity index (χ1) is 30.5. The van der Waals surface area contributed by atoms with Gasteiger partial charge < -0.3 is 67.0 Å². The molecule has 0 fully saturated rings. The van der Waals surface area contributed by atoms with Crippen LogP contribution in [0.2, 0.25) is 0 Å². The summed E-state index contributed by atoms with van der Waals surface area (Å²) in [6.07, 6.45) is 6.40. The van der Waals surface area contributed by atoms with Crippen molar-refractivity contribution in [3.8, 4) is 0 Å². The van der Waals surface area contributed by atoms with Crippen molar-refractivity contribution < 1.29 is 48.6 Å². The Morgan fingerprint density at radius 1 is 0.500 bits per heavy atom. The molecular formula is C43H79N11O10. The van der Waals surface area contributed by atoms with Gasteiger partial charge >= 0.3 is 0 Å². The monoisotopic (exact) mass is 910 g/mol. The zero-order valence-corrected chi connectivity index (χ0v) is 38.8. The molecule has 0 aliphatic rings. The number of rotatable bonds is 38. The molecule has 0 aromatic heterocycles. The van der Waals surface area contributed by atoms with Crippen LogP contribution in [0.15, 0.2) is 25.3 Å². The van der Waals surface area contributed by atoms with Gasteiger partial charge in [0.1, 0.15) is 12.3 Å². The van der Waals surface area contributed by atoms with Gasteiger partial charge in [-0.15, -0.1) is 13.2 Å². The van der Waals surface area contributed by atoms with Crippen LogP contribution < -0.4 is 22.5 Å². The molecule has 0 unspecified atom stereocenters. The molecule has 0 aromatic carbocycles. The van der Waals surface area contributed by atoms with Crippen LogP contribution in [0.25, 0.3) is 0 Å². The van der Waals surface area contributed by atoms with Crippen molar-refractivity contribution in [2.45, 2.75) is 59.3 Å². The summed E-state index contributed by atoms with van der Waals surface area (Å²) in [5.41, 5.74) is 16.9. The van der Waals surface area contributed by atoms with E-state index in [4.69, 9.17) is 17.2 Å². The number of hydrogen-bond donors (Lipinski definition) is 6. The van der Waals surface area contributed by atoms with Crippen molar-refractivity contribution in [2.75, 3.05) is 138 Å². The predicted octanol–water partition coefficient (Wildman–Crippen LogP) is -2.81. The number of aliphatic hydroxyl groups is 2. The second kappa shape index (κ2) is 35.5. The molecule has 366 valence electrons. The molecule has 0 atom stereocenters. The predicted molar refractivity (Wildman–Crippen MR) is 244 cm³/mol. The Kier molecular flexibility index (Phi) is 32.9. The quantitative estimate of drug-likeness (QED) is 0.0270. The Balaban J connectivity index is 6.24. The smallest absolute Gasteiger partial charge is 0.242 e. The van der Waals surface area contributed by atoms with Crippen LogP contribution in [0.3, 0.4) is 0 Å². The number of carbonyl (C=O) groups is 8. The zero-order valence-electron chi connectivity index (χ0n) is 38.8. The number of ketones is 1. The average molecular weight is 910 g/mol. The molecule has 0 radical (unpaired) electrons. The van der Waals surface area contributed by atoms with Crippen molar-refractivity contribution in [3.05, 3.63) is 25.3 Å². The minimum absolute atomic E-state index is 0.0490.